The van der Waals surface area contributed by atoms with Gasteiger partial charge < -0.3 is 4.98 Å². The van der Waals surface area contributed by atoms with Crippen molar-refractivity contribution in [3.8, 4) is 10.6 Å². The summed E-state index contributed by atoms with van der Waals surface area (Å²) < 4.78 is 58.6. The first-order valence-electron chi connectivity index (χ1n) is 9.94. The fourth-order valence-electron chi connectivity index (χ4n) is 3.45. The van der Waals surface area contributed by atoms with Crippen LogP contribution in [0.2, 0.25) is 0 Å². The van der Waals surface area contributed by atoms with Gasteiger partial charge in [0.05, 0.1) is 21.8 Å². The topological polar surface area (TPSA) is 105 Å². The fourth-order valence-corrected chi connectivity index (χ4v) is 6.24. The second kappa shape index (κ2) is 9.09. The van der Waals surface area contributed by atoms with Crippen LogP contribution >= 0.6 is 33.9 Å². The number of aromatic amines is 1. The van der Waals surface area contributed by atoms with Gasteiger partial charge in [-0.2, -0.15) is 0 Å². The van der Waals surface area contributed by atoms with Gasteiger partial charge in [0.2, 0.25) is 5.78 Å². The zero-order valence-corrected chi connectivity index (χ0v) is 21.2. The lowest BCUT2D eigenvalue weighted by Gasteiger charge is -2.11. The molecule has 0 amide bonds. The van der Waals surface area contributed by atoms with Crippen LogP contribution < -0.4 is 4.72 Å². The Labute approximate surface area is 215 Å². The number of fused-ring (bicyclic) bond motifs is 1. The first-order valence-corrected chi connectivity index (χ1v) is 13.3. The van der Waals surface area contributed by atoms with E-state index in [1.165, 1.54) is 12.3 Å². The molecule has 0 fully saturated rings. The highest BCUT2D eigenvalue weighted by Crippen LogP contribution is 2.32. The van der Waals surface area contributed by atoms with E-state index in [4.69, 9.17) is 0 Å². The molecule has 0 saturated heterocycles. The van der Waals surface area contributed by atoms with E-state index in [-0.39, 0.29) is 9.77 Å². The molecule has 0 spiro atoms. The number of thiophene rings is 1. The van der Waals surface area contributed by atoms with Gasteiger partial charge in [0.15, 0.2) is 5.82 Å². The highest BCUT2D eigenvalue weighted by Gasteiger charge is 2.27. The molecule has 4 heterocycles. The van der Waals surface area contributed by atoms with Gasteiger partial charge in [-0.25, -0.2) is 22.2 Å². The number of pyridine rings is 2. The standard InChI is InChI=1S/C23H13F2IN4O3S2/c24-15-4-5-17(30-35(32,33)19-7-6-18(34-19)16-3-1-2-8-27-16)21(25)20(15)22(31)14-11-29-23-13(14)9-12(26)10-28-23/h1-11,30H,(H,28,29). The van der Waals surface area contributed by atoms with Crippen molar-refractivity contribution in [1.82, 2.24) is 15.0 Å². The molecule has 7 nitrogen and oxygen atoms in total. The number of carbonyl (C=O) groups is 1. The number of H-pyrrole nitrogens is 1. The first kappa shape index (κ1) is 23.5. The Hall–Kier alpha value is -3.23. The third kappa shape index (κ3) is 4.44. The molecule has 0 aliphatic rings. The average molecular weight is 622 g/mol. The maximum absolute atomic E-state index is 15.3. The Morgan fingerprint density at radius 3 is 2.69 bits per heavy atom. The number of nitrogens with zero attached hydrogens (tertiary/aromatic N) is 2. The van der Waals surface area contributed by atoms with Gasteiger partial charge in [-0.3, -0.25) is 14.5 Å². The summed E-state index contributed by atoms with van der Waals surface area (Å²) in [6.07, 6.45) is 4.48. The molecule has 176 valence electrons. The van der Waals surface area contributed by atoms with Crippen molar-refractivity contribution in [3.63, 3.8) is 0 Å². The minimum atomic E-state index is -4.22. The molecule has 0 aliphatic carbocycles. The summed E-state index contributed by atoms with van der Waals surface area (Å²) in [5, 5.41) is 0.396. The minimum absolute atomic E-state index is 0.0158. The van der Waals surface area contributed by atoms with Crippen molar-refractivity contribution in [2.24, 2.45) is 0 Å². The van der Waals surface area contributed by atoms with Crippen molar-refractivity contribution in [1.29, 1.82) is 0 Å². The summed E-state index contributed by atoms with van der Waals surface area (Å²) in [7, 11) is -4.22. The van der Waals surface area contributed by atoms with Crippen molar-refractivity contribution in [2.45, 2.75) is 4.21 Å². The first-order chi connectivity index (χ1) is 16.7. The van der Waals surface area contributed by atoms with Crippen LogP contribution in [0, 0.1) is 15.2 Å². The number of rotatable bonds is 6. The van der Waals surface area contributed by atoms with E-state index >= 15 is 4.39 Å². The van der Waals surface area contributed by atoms with E-state index in [2.05, 4.69) is 19.7 Å². The molecule has 4 aromatic heterocycles. The summed E-state index contributed by atoms with van der Waals surface area (Å²) in [4.78, 5) is 24.8. The van der Waals surface area contributed by atoms with Crippen molar-refractivity contribution < 1.29 is 22.0 Å². The third-order valence-electron chi connectivity index (χ3n) is 5.07. The molecular formula is C23H13F2IN4O3S2. The maximum Gasteiger partial charge on any atom is 0.271 e. The van der Waals surface area contributed by atoms with E-state index in [9.17, 15) is 17.6 Å². The van der Waals surface area contributed by atoms with Crippen LogP contribution in [0.15, 0.2) is 71.3 Å². The molecule has 0 radical (unpaired) electrons. The molecule has 0 aliphatic heterocycles. The minimum Gasteiger partial charge on any atom is -0.345 e. The van der Waals surface area contributed by atoms with E-state index in [1.54, 1.807) is 42.7 Å². The quantitative estimate of drug-likeness (QED) is 0.190. The highest BCUT2D eigenvalue weighted by molar-refractivity contribution is 14.1. The number of anilines is 1. The summed E-state index contributed by atoms with van der Waals surface area (Å²) in [6, 6.07) is 11.6. The number of ketones is 1. The maximum atomic E-state index is 15.3. The Balaban J connectivity index is 1.50. The lowest BCUT2D eigenvalue weighted by Crippen LogP contribution is -2.15. The second-order valence-corrected chi connectivity index (χ2v) is 11.5. The van der Waals surface area contributed by atoms with Crippen molar-refractivity contribution in [2.75, 3.05) is 4.72 Å². The molecule has 0 saturated carbocycles. The zero-order valence-electron chi connectivity index (χ0n) is 17.4. The number of nitrogens with one attached hydrogen (secondary N) is 2. The van der Waals surface area contributed by atoms with Gasteiger partial charge in [-0.15, -0.1) is 11.3 Å². The molecule has 5 rings (SSSR count). The van der Waals surface area contributed by atoms with Crippen LogP contribution in [-0.4, -0.2) is 29.2 Å². The molecule has 0 atom stereocenters. The number of hydrogen-bond donors (Lipinski definition) is 2. The van der Waals surface area contributed by atoms with Crippen LogP contribution in [0.3, 0.4) is 0 Å². The third-order valence-corrected chi connectivity index (χ3v) is 8.62. The molecule has 0 bridgehead atoms. The van der Waals surface area contributed by atoms with Gasteiger partial charge in [-0.05, 0) is 65.1 Å². The number of hydrogen-bond acceptors (Lipinski definition) is 6. The van der Waals surface area contributed by atoms with E-state index < -0.39 is 38.7 Å². The Morgan fingerprint density at radius 2 is 1.91 bits per heavy atom. The van der Waals surface area contributed by atoms with Crippen LogP contribution in [0.1, 0.15) is 15.9 Å². The lowest BCUT2D eigenvalue weighted by atomic mass is 10.0. The summed E-state index contributed by atoms with van der Waals surface area (Å²) in [6.45, 7) is 0. The monoisotopic (exact) mass is 622 g/mol. The highest BCUT2D eigenvalue weighted by atomic mass is 127. The van der Waals surface area contributed by atoms with Gasteiger partial charge in [0, 0.05) is 33.1 Å². The van der Waals surface area contributed by atoms with Crippen LogP contribution in [0.4, 0.5) is 14.5 Å². The molecule has 0 unspecified atom stereocenters. The normalized spacial score (nSPS) is 11.6. The predicted molar refractivity (Wildman–Crippen MR) is 137 cm³/mol. The van der Waals surface area contributed by atoms with Gasteiger partial charge in [-0.1, -0.05) is 6.07 Å². The molecule has 5 aromatic rings. The van der Waals surface area contributed by atoms with Crippen molar-refractivity contribution in [3.05, 3.63) is 93.5 Å². The largest absolute Gasteiger partial charge is 0.345 e. The smallest absolute Gasteiger partial charge is 0.271 e. The summed E-state index contributed by atoms with van der Waals surface area (Å²) >= 11 is 2.95. The number of aromatic nitrogens is 3. The molecular weight excluding hydrogens is 609 g/mol. The average Bonchev–Trinajstić information content (AvgIpc) is 3.49. The number of sulfonamides is 1. The second-order valence-electron chi connectivity index (χ2n) is 7.30. The molecule has 12 heteroatoms. The zero-order chi connectivity index (χ0) is 24.7. The van der Waals surface area contributed by atoms with E-state index in [0.717, 1.165) is 27.0 Å². The Kier molecular flexibility index (Phi) is 6.11. The lowest BCUT2D eigenvalue weighted by molar-refractivity contribution is 0.103. The van der Waals surface area contributed by atoms with E-state index in [1.807, 2.05) is 22.6 Å². The van der Waals surface area contributed by atoms with Crippen LogP contribution in [0.25, 0.3) is 21.6 Å². The van der Waals surface area contributed by atoms with Gasteiger partial charge in [0.25, 0.3) is 10.0 Å². The fraction of sp³-hybridized carbons (Fsp3) is 0. The molecule has 2 N–H and O–H groups in total. The summed E-state index contributed by atoms with van der Waals surface area (Å²) in [5.74, 6) is -3.37. The number of carbonyl (C=O) groups excluding carboxylic acids is 1. The number of benzene rings is 1. The Morgan fingerprint density at radius 1 is 1.09 bits per heavy atom. The predicted octanol–water partition coefficient (Wildman–Crippen LogP) is 5.60. The van der Waals surface area contributed by atoms with Gasteiger partial charge >= 0.3 is 0 Å². The SMILES string of the molecule is O=C(c1c(F)ccc(NS(=O)(=O)c2ccc(-c3ccccn3)s2)c1F)c1c[nH]c2ncc(I)cc12. The van der Waals surface area contributed by atoms with Crippen LogP contribution in [0.5, 0.6) is 0 Å². The molecule has 35 heavy (non-hydrogen) atoms. The molecule has 1 aromatic carbocycles. The Bertz CT molecular complexity index is 1700. The van der Waals surface area contributed by atoms with Gasteiger partial charge in [0.1, 0.15) is 15.7 Å². The number of halogens is 3. The van der Waals surface area contributed by atoms with Crippen molar-refractivity contribution >= 4 is 66.5 Å². The summed E-state index contributed by atoms with van der Waals surface area (Å²) in [5.41, 5.74) is -0.432. The van der Waals surface area contributed by atoms with Crippen LogP contribution in [-0.2, 0) is 10.0 Å². The van der Waals surface area contributed by atoms with E-state index in [0.29, 0.717) is 21.6 Å².